The molecule has 6 rings (SSSR count). The van der Waals surface area contributed by atoms with E-state index in [0.29, 0.717) is 76.6 Å². The van der Waals surface area contributed by atoms with E-state index in [1.54, 1.807) is 24.6 Å². The van der Waals surface area contributed by atoms with Gasteiger partial charge in [0, 0.05) is 78.5 Å². The SMILES string of the molecule is C[S+]([O-])N1CCN(Cc2c(O)c(O)cc3c2C2(CC3(C)C)CC(C)(C)c3cc(O)c(O)c(CN4CCN([S+](C)[O-])CC4)c32)CC1. The molecule has 2 aromatic rings. The molecule has 0 radical (unpaired) electrons. The number of aromatic hydroxyl groups is 4. The second-order valence-electron chi connectivity index (χ2n) is 14.8. The molecule has 2 fully saturated rings. The normalized spacial score (nSPS) is 26.7. The van der Waals surface area contributed by atoms with Gasteiger partial charge in [0.15, 0.2) is 23.0 Å². The topological polar surface area (TPSA) is 140 Å². The van der Waals surface area contributed by atoms with Crippen LogP contribution in [0.1, 0.15) is 73.9 Å². The predicted molar refractivity (Wildman–Crippen MR) is 177 cm³/mol. The van der Waals surface area contributed by atoms with Crippen LogP contribution in [0.3, 0.4) is 0 Å². The van der Waals surface area contributed by atoms with E-state index in [9.17, 15) is 29.5 Å². The van der Waals surface area contributed by atoms with Gasteiger partial charge in [-0.25, -0.2) is 0 Å². The van der Waals surface area contributed by atoms with Gasteiger partial charge in [0.2, 0.25) is 0 Å². The second-order valence-corrected chi connectivity index (χ2v) is 17.5. The maximum atomic E-state index is 12.1. The van der Waals surface area contributed by atoms with E-state index < -0.39 is 28.1 Å². The molecule has 0 saturated carbocycles. The molecule has 2 saturated heterocycles. The van der Waals surface area contributed by atoms with Crippen molar-refractivity contribution >= 4 is 22.7 Å². The van der Waals surface area contributed by atoms with Crippen LogP contribution in [0, 0.1) is 0 Å². The Labute approximate surface area is 273 Å². The van der Waals surface area contributed by atoms with Gasteiger partial charge >= 0.3 is 0 Å². The summed E-state index contributed by atoms with van der Waals surface area (Å²) in [6.45, 7) is 15.0. The fourth-order valence-electron chi connectivity index (χ4n) is 8.87. The molecule has 2 unspecified atom stereocenters. The van der Waals surface area contributed by atoms with Crippen molar-refractivity contribution in [2.75, 3.05) is 64.9 Å². The third-order valence-electron chi connectivity index (χ3n) is 10.8. The third kappa shape index (κ3) is 5.58. The summed E-state index contributed by atoms with van der Waals surface area (Å²) in [5, 5.41) is 45.2. The highest BCUT2D eigenvalue weighted by atomic mass is 32.2. The maximum absolute atomic E-state index is 12.1. The number of piperazine rings is 2. The molecule has 45 heavy (non-hydrogen) atoms. The Kier molecular flexibility index (Phi) is 8.55. The molecule has 4 N–H and O–H groups in total. The van der Waals surface area contributed by atoms with Gasteiger partial charge in [0.25, 0.3) is 0 Å². The lowest BCUT2D eigenvalue weighted by molar-refractivity contribution is 0.178. The number of nitrogens with zero attached hydrogens (tertiary/aromatic N) is 4. The first-order valence-corrected chi connectivity index (χ1v) is 18.9. The van der Waals surface area contributed by atoms with E-state index in [0.717, 1.165) is 35.1 Å². The second kappa shape index (κ2) is 11.7. The van der Waals surface area contributed by atoms with Crippen LogP contribution in [0.15, 0.2) is 12.1 Å². The first-order chi connectivity index (χ1) is 21.1. The van der Waals surface area contributed by atoms with Crippen molar-refractivity contribution < 1.29 is 29.5 Å². The highest BCUT2D eigenvalue weighted by Gasteiger charge is 2.59. The van der Waals surface area contributed by atoms with Crippen molar-refractivity contribution in [3.63, 3.8) is 0 Å². The number of hydrogen-bond donors (Lipinski definition) is 4. The molecule has 2 aliphatic carbocycles. The minimum absolute atomic E-state index is 0.105. The van der Waals surface area contributed by atoms with Gasteiger partial charge in [-0.1, -0.05) is 27.7 Å². The van der Waals surface area contributed by atoms with Crippen molar-refractivity contribution in [3.8, 4) is 23.0 Å². The summed E-state index contributed by atoms with van der Waals surface area (Å²) in [5.74, 6) is -0.460. The summed E-state index contributed by atoms with van der Waals surface area (Å²) >= 11 is -2.07. The van der Waals surface area contributed by atoms with E-state index in [4.69, 9.17) is 0 Å². The largest absolute Gasteiger partial charge is 0.598 e. The fourth-order valence-corrected chi connectivity index (χ4v) is 10.2. The standard InChI is InChI=1S/C33H48N4O6S2/c1-31(2)19-33(27-21(29(40)25(38)15-23(27)31)17-34-7-11-36(12-8-34)44(5)42)20-32(3,4)24-16-26(39)30(41)22(28(24)33)18-35-9-13-37(14-10-35)45(6)43/h15-16,38-41H,7-14,17-20H2,1-6H3. The van der Waals surface area contributed by atoms with Crippen LogP contribution in [0.4, 0.5) is 0 Å². The molecule has 12 heteroatoms. The lowest BCUT2D eigenvalue weighted by Gasteiger charge is -2.37. The van der Waals surface area contributed by atoms with Crippen LogP contribution < -0.4 is 0 Å². The maximum Gasteiger partial charge on any atom is 0.162 e. The van der Waals surface area contributed by atoms with Gasteiger partial charge in [-0.3, -0.25) is 9.80 Å². The molecule has 2 heterocycles. The van der Waals surface area contributed by atoms with Crippen LogP contribution in [0.5, 0.6) is 23.0 Å². The Morgan fingerprint density at radius 3 is 1.27 bits per heavy atom. The van der Waals surface area contributed by atoms with Crippen LogP contribution in [0.2, 0.25) is 0 Å². The molecular weight excluding hydrogens is 613 g/mol. The number of benzene rings is 2. The van der Waals surface area contributed by atoms with Gasteiger partial charge in [-0.2, -0.15) is 0 Å². The molecular formula is C33H48N4O6S2. The van der Waals surface area contributed by atoms with E-state index in [1.165, 1.54) is 0 Å². The molecule has 0 bridgehead atoms. The van der Waals surface area contributed by atoms with E-state index in [-0.39, 0.29) is 33.8 Å². The first-order valence-electron chi connectivity index (χ1n) is 15.8. The molecule has 4 aliphatic rings. The molecule has 0 aromatic heterocycles. The van der Waals surface area contributed by atoms with Crippen molar-refractivity contribution in [2.45, 2.75) is 69.9 Å². The molecule has 248 valence electrons. The van der Waals surface area contributed by atoms with Gasteiger partial charge in [-0.05, 0) is 58.1 Å². The molecule has 2 aromatic carbocycles. The highest BCUT2D eigenvalue weighted by Crippen LogP contribution is 2.67. The van der Waals surface area contributed by atoms with Crippen LogP contribution in [-0.2, 0) is 52.1 Å². The summed E-state index contributed by atoms with van der Waals surface area (Å²) in [5.41, 5.74) is 4.22. The Hall–Kier alpha value is -1.90. The fraction of sp³-hybridized carbons (Fsp3) is 0.636. The summed E-state index contributed by atoms with van der Waals surface area (Å²) in [4.78, 5) is 4.51. The smallest absolute Gasteiger partial charge is 0.162 e. The zero-order valence-corrected chi connectivity index (χ0v) is 29.0. The molecule has 1 spiro atoms. The van der Waals surface area contributed by atoms with Crippen LogP contribution in [-0.4, -0.2) is 113 Å². The van der Waals surface area contributed by atoms with Gasteiger partial charge in [0.1, 0.15) is 12.5 Å². The lowest BCUT2D eigenvalue weighted by atomic mass is 9.70. The Morgan fingerprint density at radius 1 is 0.622 bits per heavy atom. The van der Waals surface area contributed by atoms with Gasteiger partial charge in [-0.15, -0.1) is 8.61 Å². The van der Waals surface area contributed by atoms with Crippen molar-refractivity contribution in [1.82, 2.24) is 18.4 Å². The zero-order chi connectivity index (χ0) is 32.6. The molecule has 2 aliphatic heterocycles. The average molecular weight is 661 g/mol. The van der Waals surface area contributed by atoms with E-state index in [1.807, 2.05) is 8.61 Å². The number of rotatable bonds is 6. The molecule has 0 amide bonds. The lowest BCUT2D eigenvalue weighted by Crippen LogP contribution is -2.48. The number of fused-ring (bicyclic) bond motifs is 4. The summed E-state index contributed by atoms with van der Waals surface area (Å²) in [6.07, 6.45) is 4.85. The van der Waals surface area contributed by atoms with E-state index >= 15 is 0 Å². The van der Waals surface area contributed by atoms with Crippen molar-refractivity contribution in [3.05, 3.63) is 45.5 Å². The third-order valence-corrected chi connectivity index (χ3v) is 13.0. The van der Waals surface area contributed by atoms with Crippen LogP contribution in [0.25, 0.3) is 0 Å². The summed E-state index contributed by atoms with van der Waals surface area (Å²) < 4.78 is 28.1. The zero-order valence-electron chi connectivity index (χ0n) is 27.4. The Morgan fingerprint density at radius 2 is 0.956 bits per heavy atom. The van der Waals surface area contributed by atoms with Crippen molar-refractivity contribution in [2.24, 2.45) is 0 Å². The Bertz CT molecular complexity index is 1360. The number of phenolic OH excluding ortho intramolecular Hbond substituents is 4. The monoisotopic (exact) mass is 660 g/mol. The van der Waals surface area contributed by atoms with Crippen molar-refractivity contribution in [1.29, 1.82) is 0 Å². The summed E-state index contributed by atoms with van der Waals surface area (Å²) in [7, 11) is 0. The van der Waals surface area contributed by atoms with Crippen LogP contribution >= 0.6 is 0 Å². The minimum atomic E-state index is -1.04. The minimum Gasteiger partial charge on any atom is -0.598 e. The molecule has 2 atom stereocenters. The average Bonchev–Trinajstić information content (AvgIpc) is 3.32. The number of hydrogen-bond acceptors (Lipinski definition) is 10. The summed E-state index contributed by atoms with van der Waals surface area (Å²) in [6, 6.07) is 3.46. The van der Waals surface area contributed by atoms with Gasteiger partial charge < -0.3 is 29.5 Å². The highest BCUT2D eigenvalue weighted by molar-refractivity contribution is 7.88. The van der Waals surface area contributed by atoms with Gasteiger partial charge in [0.05, 0.1) is 26.2 Å². The predicted octanol–water partition coefficient (Wildman–Crippen LogP) is 2.98. The number of phenols is 4. The quantitative estimate of drug-likeness (QED) is 0.270. The van der Waals surface area contributed by atoms with E-state index in [2.05, 4.69) is 37.5 Å². The first kappa shape index (κ1) is 33.0. The molecule has 10 nitrogen and oxygen atoms in total. The Balaban J connectivity index is 1.49.